The first-order valence-electron chi connectivity index (χ1n) is 6.18. The quantitative estimate of drug-likeness (QED) is 0.850. The van der Waals surface area contributed by atoms with Crippen LogP contribution in [0.1, 0.15) is 17.9 Å². The summed E-state index contributed by atoms with van der Waals surface area (Å²) < 4.78 is 5.24. The number of rotatable bonds is 5. The average molecular weight is 274 g/mol. The molecule has 0 aliphatic rings. The van der Waals surface area contributed by atoms with Gasteiger partial charge in [-0.15, -0.1) is 11.8 Å². The van der Waals surface area contributed by atoms with Crippen molar-refractivity contribution in [1.29, 1.82) is 0 Å². The Labute approximate surface area is 118 Å². The fraction of sp³-hybridized carbons (Fsp3) is 0.267. The normalized spacial score (nSPS) is 13.8. The second kappa shape index (κ2) is 6.59. The van der Waals surface area contributed by atoms with Crippen LogP contribution in [0, 0.1) is 0 Å². The maximum atomic E-state index is 6.09. The lowest BCUT2D eigenvalue weighted by atomic mass is 10.2. The van der Waals surface area contributed by atoms with Gasteiger partial charge in [0.1, 0.15) is 5.75 Å². The molecule has 2 rings (SSSR count). The Balaban J connectivity index is 2.21. The van der Waals surface area contributed by atoms with Gasteiger partial charge in [-0.3, -0.25) is 4.98 Å². The highest BCUT2D eigenvalue weighted by Crippen LogP contribution is 2.37. The van der Waals surface area contributed by atoms with Crippen molar-refractivity contribution in [2.75, 3.05) is 7.11 Å². The predicted octanol–water partition coefficient (Wildman–Crippen LogP) is 3.27. The van der Waals surface area contributed by atoms with Crippen molar-refractivity contribution in [3.05, 3.63) is 54.4 Å². The number of nitrogens with two attached hydrogens (primary N) is 1. The SMILES string of the molecule is COc1cccc(SC(c2ccccn2)C(C)N)c1. The fourth-order valence-corrected chi connectivity index (χ4v) is 2.91. The van der Waals surface area contributed by atoms with Gasteiger partial charge in [0, 0.05) is 17.1 Å². The third-order valence-electron chi connectivity index (χ3n) is 2.76. The van der Waals surface area contributed by atoms with Crippen LogP contribution in [-0.2, 0) is 0 Å². The molecule has 4 heteroatoms. The Hall–Kier alpha value is -1.52. The molecule has 19 heavy (non-hydrogen) atoms. The number of methoxy groups -OCH3 is 1. The van der Waals surface area contributed by atoms with Crippen molar-refractivity contribution in [2.45, 2.75) is 23.1 Å². The van der Waals surface area contributed by atoms with Gasteiger partial charge in [0.05, 0.1) is 18.1 Å². The fourth-order valence-electron chi connectivity index (χ4n) is 1.80. The summed E-state index contributed by atoms with van der Waals surface area (Å²) in [5, 5.41) is 0.133. The minimum absolute atomic E-state index is 0.0195. The molecule has 0 radical (unpaired) electrons. The van der Waals surface area contributed by atoms with E-state index in [2.05, 4.69) is 11.1 Å². The molecule has 0 fully saturated rings. The molecule has 1 aromatic carbocycles. The van der Waals surface area contributed by atoms with Gasteiger partial charge < -0.3 is 10.5 Å². The van der Waals surface area contributed by atoms with E-state index in [1.54, 1.807) is 25.1 Å². The van der Waals surface area contributed by atoms with Crippen LogP contribution >= 0.6 is 11.8 Å². The first kappa shape index (κ1) is 13.9. The maximum Gasteiger partial charge on any atom is 0.119 e. The Morgan fingerprint density at radius 3 is 2.68 bits per heavy atom. The second-order valence-electron chi connectivity index (χ2n) is 4.33. The van der Waals surface area contributed by atoms with Crippen LogP contribution in [0.2, 0.25) is 0 Å². The van der Waals surface area contributed by atoms with Crippen LogP contribution in [0.15, 0.2) is 53.6 Å². The van der Waals surface area contributed by atoms with Crippen molar-refractivity contribution in [2.24, 2.45) is 5.73 Å². The lowest BCUT2D eigenvalue weighted by Gasteiger charge is -2.20. The molecule has 0 aliphatic carbocycles. The molecular formula is C15H18N2OS. The molecule has 0 saturated carbocycles. The van der Waals surface area contributed by atoms with Crippen molar-refractivity contribution in [3.63, 3.8) is 0 Å². The van der Waals surface area contributed by atoms with E-state index in [-0.39, 0.29) is 11.3 Å². The summed E-state index contributed by atoms with van der Waals surface area (Å²) in [6, 6.07) is 13.9. The Kier molecular flexibility index (Phi) is 4.82. The molecule has 0 spiro atoms. The highest BCUT2D eigenvalue weighted by molar-refractivity contribution is 7.99. The van der Waals surface area contributed by atoms with Gasteiger partial charge >= 0.3 is 0 Å². The van der Waals surface area contributed by atoms with Gasteiger partial charge in [-0.1, -0.05) is 12.1 Å². The molecule has 1 heterocycles. The number of pyridine rings is 1. The summed E-state index contributed by atoms with van der Waals surface area (Å²) in [7, 11) is 1.67. The Morgan fingerprint density at radius 1 is 1.21 bits per heavy atom. The molecular weight excluding hydrogens is 256 g/mol. The minimum Gasteiger partial charge on any atom is -0.497 e. The summed E-state index contributed by atoms with van der Waals surface area (Å²) in [6.45, 7) is 2.01. The van der Waals surface area contributed by atoms with E-state index in [9.17, 15) is 0 Å². The van der Waals surface area contributed by atoms with E-state index in [1.165, 1.54) is 0 Å². The lowest BCUT2D eigenvalue weighted by Crippen LogP contribution is -2.23. The van der Waals surface area contributed by atoms with E-state index in [4.69, 9.17) is 10.5 Å². The van der Waals surface area contributed by atoms with Gasteiger partial charge in [-0.25, -0.2) is 0 Å². The van der Waals surface area contributed by atoms with Crippen molar-refractivity contribution in [1.82, 2.24) is 4.98 Å². The first-order valence-corrected chi connectivity index (χ1v) is 7.06. The van der Waals surface area contributed by atoms with Crippen LogP contribution < -0.4 is 10.5 Å². The zero-order valence-corrected chi connectivity index (χ0v) is 11.9. The van der Waals surface area contributed by atoms with Gasteiger partial charge in [0.25, 0.3) is 0 Å². The third-order valence-corrected chi connectivity index (χ3v) is 4.21. The standard InChI is InChI=1S/C15H18N2OS/c1-11(16)15(14-8-3-4-9-17-14)19-13-7-5-6-12(10-13)18-2/h3-11,15H,16H2,1-2H3. The summed E-state index contributed by atoms with van der Waals surface area (Å²) in [5.41, 5.74) is 7.10. The number of benzene rings is 1. The van der Waals surface area contributed by atoms with Crippen molar-refractivity contribution < 1.29 is 4.74 Å². The Morgan fingerprint density at radius 2 is 2.05 bits per heavy atom. The topological polar surface area (TPSA) is 48.1 Å². The minimum atomic E-state index is 0.0195. The zero-order chi connectivity index (χ0) is 13.7. The molecule has 1 aromatic heterocycles. The van der Waals surface area contributed by atoms with Crippen LogP contribution in [0.4, 0.5) is 0 Å². The van der Waals surface area contributed by atoms with Gasteiger partial charge in [-0.2, -0.15) is 0 Å². The molecule has 3 nitrogen and oxygen atoms in total. The summed E-state index contributed by atoms with van der Waals surface area (Å²) in [4.78, 5) is 5.54. The predicted molar refractivity (Wildman–Crippen MR) is 79.5 cm³/mol. The lowest BCUT2D eigenvalue weighted by molar-refractivity contribution is 0.413. The van der Waals surface area contributed by atoms with E-state index < -0.39 is 0 Å². The molecule has 100 valence electrons. The van der Waals surface area contributed by atoms with Gasteiger partial charge in [0.2, 0.25) is 0 Å². The molecule has 2 atom stereocenters. The number of thioether (sulfide) groups is 1. The van der Waals surface area contributed by atoms with E-state index in [0.717, 1.165) is 16.3 Å². The Bertz CT molecular complexity index is 517. The number of hydrogen-bond acceptors (Lipinski definition) is 4. The van der Waals surface area contributed by atoms with Crippen LogP contribution in [0.3, 0.4) is 0 Å². The molecule has 2 N–H and O–H groups in total. The van der Waals surface area contributed by atoms with Crippen LogP contribution in [0.25, 0.3) is 0 Å². The van der Waals surface area contributed by atoms with Crippen LogP contribution in [0.5, 0.6) is 5.75 Å². The number of ether oxygens (including phenoxy) is 1. The highest BCUT2D eigenvalue weighted by Gasteiger charge is 2.19. The molecule has 0 aliphatic heterocycles. The molecule has 0 amide bonds. The highest BCUT2D eigenvalue weighted by atomic mass is 32.2. The van der Waals surface area contributed by atoms with E-state index >= 15 is 0 Å². The van der Waals surface area contributed by atoms with Gasteiger partial charge in [-0.05, 0) is 37.3 Å². The number of hydrogen-bond donors (Lipinski definition) is 1. The molecule has 2 aromatic rings. The zero-order valence-electron chi connectivity index (χ0n) is 11.1. The van der Waals surface area contributed by atoms with Crippen molar-refractivity contribution >= 4 is 11.8 Å². The largest absolute Gasteiger partial charge is 0.497 e. The number of aromatic nitrogens is 1. The maximum absolute atomic E-state index is 6.09. The summed E-state index contributed by atoms with van der Waals surface area (Å²) in [6.07, 6.45) is 1.80. The average Bonchev–Trinajstić information content (AvgIpc) is 2.45. The summed E-state index contributed by atoms with van der Waals surface area (Å²) in [5.74, 6) is 0.856. The first-order chi connectivity index (χ1) is 9.20. The van der Waals surface area contributed by atoms with E-state index in [1.807, 2.05) is 43.3 Å². The molecule has 0 saturated heterocycles. The van der Waals surface area contributed by atoms with Gasteiger partial charge in [0.15, 0.2) is 0 Å². The van der Waals surface area contributed by atoms with E-state index in [0.29, 0.717) is 0 Å². The molecule has 2 unspecified atom stereocenters. The monoisotopic (exact) mass is 274 g/mol. The number of nitrogens with zero attached hydrogens (tertiary/aromatic N) is 1. The van der Waals surface area contributed by atoms with Crippen molar-refractivity contribution in [3.8, 4) is 5.75 Å². The molecule has 0 bridgehead atoms. The third kappa shape index (κ3) is 3.72. The second-order valence-corrected chi connectivity index (χ2v) is 5.55. The smallest absolute Gasteiger partial charge is 0.119 e. The summed E-state index contributed by atoms with van der Waals surface area (Å²) >= 11 is 1.71. The van der Waals surface area contributed by atoms with Crippen LogP contribution in [-0.4, -0.2) is 18.1 Å².